The number of halogens is 2. The average Bonchev–Trinajstić information content (AvgIpc) is 3.06. The van der Waals surface area contributed by atoms with Gasteiger partial charge in [0.2, 0.25) is 0 Å². The van der Waals surface area contributed by atoms with E-state index < -0.39 is 11.9 Å². The fourth-order valence-electron chi connectivity index (χ4n) is 3.53. The molecule has 0 atom stereocenters. The van der Waals surface area contributed by atoms with Crippen LogP contribution < -0.4 is 5.32 Å². The first-order chi connectivity index (χ1) is 14.1. The van der Waals surface area contributed by atoms with Gasteiger partial charge in [0.25, 0.3) is 0 Å². The number of amides is 1. The molecular weight excluding hydrogens is 391 g/mol. The molecular formula is C23H18ClFN2O2. The highest BCUT2D eigenvalue weighted by atomic mass is 35.5. The van der Waals surface area contributed by atoms with Crippen LogP contribution in [0.15, 0.2) is 66.9 Å². The van der Waals surface area contributed by atoms with Crippen molar-refractivity contribution in [3.05, 3.63) is 94.5 Å². The van der Waals surface area contributed by atoms with E-state index in [1.807, 2.05) is 24.3 Å². The number of ether oxygens (including phenoxy) is 1. The SMILES string of the molecule is O=C(NCC=Cc1cc(Cl)ncc1F)OCC1c2ccccc2-c2ccccc21. The van der Waals surface area contributed by atoms with Crippen molar-refractivity contribution in [1.82, 2.24) is 10.3 Å². The van der Waals surface area contributed by atoms with Crippen LogP contribution in [-0.2, 0) is 4.74 Å². The lowest BCUT2D eigenvalue weighted by atomic mass is 9.98. The van der Waals surface area contributed by atoms with Gasteiger partial charge in [0.05, 0.1) is 6.20 Å². The van der Waals surface area contributed by atoms with E-state index in [0.717, 1.165) is 17.3 Å². The lowest BCUT2D eigenvalue weighted by molar-refractivity contribution is 0.144. The molecule has 1 amide bonds. The van der Waals surface area contributed by atoms with Gasteiger partial charge in [-0.2, -0.15) is 0 Å². The third-order valence-corrected chi connectivity index (χ3v) is 5.06. The zero-order valence-corrected chi connectivity index (χ0v) is 16.2. The molecule has 0 saturated heterocycles. The standard InChI is InChI=1S/C23H18ClFN2O2/c24-22-12-15(21(25)13-27-22)6-5-11-26-23(28)29-14-20-18-9-3-1-7-16(18)17-8-2-4-10-19(17)20/h1-10,12-13,20H,11,14H2,(H,26,28). The second kappa shape index (κ2) is 8.45. The minimum absolute atomic E-state index is 0.0109. The quantitative estimate of drug-likeness (QED) is 0.573. The molecule has 29 heavy (non-hydrogen) atoms. The fraction of sp³-hybridized carbons (Fsp3) is 0.130. The normalized spacial score (nSPS) is 12.6. The maximum Gasteiger partial charge on any atom is 0.407 e. The second-order valence-electron chi connectivity index (χ2n) is 6.64. The minimum Gasteiger partial charge on any atom is -0.449 e. The fourth-order valence-corrected chi connectivity index (χ4v) is 3.70. The number of benzene rings is 2. The molecule has 146 valence electrons. The summed E-state index contributed by atoms with van der Waals surface area (Å²) in [6, 6.07) is 17.7. The summed E-state index contributed by atoms with van der Waals surface area (Å²) < 4.78 is 19.1. The molecule has 0 radical (unpaired) electrons. The number of hydrogen-bond donors (Lipinski definition) is 1. The molecule has 0 bridgehead atoms. The highest BCUT2D eigenvalue weighted by molar-refractivity contribution is 6.29. The average molecular weight is 409 g/mol. The Labute approximate surface area is 173 Å². The summed E-state index contributed by atoms with van der Waals surface area (Å²) in [7, 11) is 0. The predicted molar refractivity (Wildman–Crippen MR) is 111 cm³/mol. The third kappa shape index (κ3) is 4.15. The molecule has 2 aromatic carbocycles. The van der Waals surface area contributed by atoms with Crippen LogP contribution in [0.4, 0.5) is 9.18 Å². The van der Waals surface area contributed by atoms with Gasteiger partial charge in [-0.1, -0.05) is 72.3 Å². The van der Waals surface area contributed by atoms with Gasteiger partial charge in [0.1, 0.15) is 17.6 Å². The maximum absolute atomic E-state index is 13.6. The van der Waals surface area contributed by atoms with Gasteiger partial charge < -0.3 is 10.1 Å². The van der Waals surface area contributed by atoms with Crippen LogP contribution in [-0.4, -0.2) is 24.2 Å². The van der Waals surface area contributed by atoms with Crippen LogP contribution in [0, 0.1) is 5.82 Å². The van der Waals surface area contributed by atoms with Crippen LogP contribution in [0.25, 0.3) is 17.2 Å². The molecule has 4 rings (SSSR count). The van der Waals surface area contributed by atoms with Crippen molar-refractivity contribution in [2.75, 3.05) is 13.2 Å². The first-order valence-electron chi connectivity index (χ1n) is 9.20. The van der Waals surface area contributed by atoms with Crippen LogP contribution in [0.3, 0.4) is 0 Å². The molecule has 1 N–H and O–H groups in total. The molecule has 1 aliphatic carbocycles. The van der Waals surface area contributed by atoms with E-state index in [9.17, 15) is 9.18 Å². The first kappa shape index (κ1) is 19.2. The molecule has 6 heteroatoms. The molecule has 1 aromatic heterocycles. The zero-order valence-electron chi connectivity index (χ0n) is 15.4. The largest absolute Gasteiger partial charge is 0.449 e. The van der Waals surface area contributed by atoms with Gasteiger partial charge in [-0.3, -0.25) is 0 Å². The number of hydrogen-bond acceptors (Lipinski definition) is 3. The Morgan fingerprint density at radius 2 is 1.79 bits per heavy atom. The Hall–Kier alpha value is -3.18. The molecule has 0 saturated carbocycles. The molecule has 1 aliphatic rings. The number of carbonyl (C=O) groups excluding carboxylic acids is 1. The van der Waals surface area contributed by atoms with Crippen LogP contribution >= 0.6 is 11.6 Å². The second-order valence-corrected chi connectivity index (χ2v) is 7.02. The molecule has 0 unspecified atom stereocenters. The van der Waals surface area contributed by atoms with E-state index >= 15 is 0 Å². The summed E-state index contributed by atoms with van der Waals surface area (Å²) in [4.78, 5) is 15.7. The zero-order chi connectivity index (χ0) is 20.2. The third-order valence-electron chi connectivity index (χ3n) is 4.86. The predicted octanol–water partition coefficient (Wildman–Crippen LogP) is 5.43. The summed E-state index contributed by atoms with van der Waals surface area (Å²) in [5, 5.41) is 2.84. The van der Waals surface area contributed by atoms with E-state index in [2.05, 4.69) is 34.6 Å². The Balaban J connectivity index is 1.34. The van der Waals surface area contributed by atoms with E-state index in [1.54, 1.807) is 6.08 Å². The van der Waals surface area contributed by atoms with Gasteiger partial charge >= 0.3 is 6.09 Å². The lowest BCUT2D eigenvalue weighted by Crippen LogP contribution is -2.26. The van der Waals surface area contributed by atoms with Crippen molar-refractivity contribution in [2.45, 2.75) is 5.92 Å². The van der Waals surface area contributed by atoms with Crippen molar-refractivity contribution < 1.29 is 13.9 Å². The summed E-state index contributed by atoms with van der Waals surface area (Å²) >= 11 is 5.75. The van der Waals surface area contributed by atoms with Crippen LogP contribution in [0.2, 0.25) is 5.15 Å². The molecule has 4 nitrogen and oxygen atoms in total. The van der Waals surface area contributed by atoms with Gasteiger partial charge in [0.15, 0.2) is 0 Å². The number of carbonyl (C=O) groups is 1. The summed E-state index contributed by atoms with van der Waals surface area (Å²) in [5.41, 5.74) is 4.98. The van der Waals surface area contributed by atoms with E-state index in [4.69, 9.17) is 16.3 Å². The highest BCUT2D eigenvalue weighted by Gasteiger charge is 2.28. The first-order valence-corrected chi connectivity index (χ1v) is 9.57. The van der Waals surface area contributed by atoms with E-state index in [-0.39, 0.29) is 24.2 Å². The van der Waals surface area contributed by atoms with Gasteiger partial charge in [0, 0.05) is 18.0 Å². The van der Waals surface area contributed by atoms with Gasteiger partial charge in [-0.05, 0) is 28.3 Å². The van der Waals surface area contributed by atoms with E-state index in [1.165, 1.54) is 23.3 Å². The van der Waals surface area contributed by atoms with Crippen molar-refractivity contribution >= 4 is 23.8 Å². The van der Waals surface area contributed by atoms with Crippen molar-refractivity contribution in [3.8, 4) is 11.1 Å². The van der Waals surface area contributed by atoms with Crippen LogP contribution in [0.5, 0.6) is 0 Å². The van der Waals surface area contributed by atoms with Crippen molar-refractivity contribution in [2.24, 2.45) is 0 Å². The summed E-state index contributed by atoms with van der Waals surface area (Å²) in [6.45, 7) is 0.453. The van der Waals surface area contributed by atoms with E-state index in [0.29, 0.717) is 5.56 Å². The number of pyridine rings is 1. The topological polar surface area (TPSA) is 51.2 Å². The molecule has 0 aliphatic heterocycles. The lowest BCUT2D eigenvalue weighted by Gasteiger charge is -2.14. The Morgan fingerprint density at radius 3 is 2.48 bits per heavy atom. The van der Waals surface area contributed by atoms with Crippen molar-refractivity contribution in [3.63, 3.8) is 0 Å². The maximum atomic E-state index is 13.6. The molecule has 0 spiro atoms. The molecule has 0 fully saturated rings. The Kier molecular flexibility index (Phi) is 5.58. The number of aromatic nitrogens is 1. The Morgan fingerprint density at radius 1 is 1.14 bits per heavy atom. The summed E-state index contributed by atoms with van der Waals surface area (Å²) in [5.74, 6) is -0.469. The van der Waals surface area contributed by atoms with Crippen molar-refractivity contribution in [1.29, 1.82) is 0 Å². The molecule has 1 heterocycles. The van der Waals surface area contributed by atoms with Crippen LogP contribution in [0.1, 0.15) is 22.6 Å². The van der Waals surface area contributed by atoms with Gasteiger partial charge in [-0.25, -0.2) is 14.2 Å². The number of fused-ring (bicyclic) bond motifs is 3. The molecule has 3 aromatic rings. The number of nitrogens with zero attached hydrogens (tertiary/aromatic N) is 1. The smallest absolute Gasteiger partial charge is 0.407 e. The number of alkyl carbamates (subject to hydrolysis) is 1. The minimum atomic E-state index is -0.523. The summed E-state index contributed by atoms with van der Waals surface area (Å²) in [6.07, 6.45) is 3.69. The van der Waals surface area contributed by atoms with Gasteiger partial charge in [-0.15, -0.1) is 0 Å². The monoisotopic (exact) mass is 408 g/mol. The number of rotatable bonds is 5. The highest BCUT2D eigenvalue weighted by Crippen LogP contribution is 2.44. The Bertz CT molecular complexity index is 1040. The number of nitrogens with one attached hydrogen (secondary N) is 1.